The number of hydrogen-bond acceptors (Lipinski definition) is 6. The number of carboxylic acid groups (broad SMARTS) is 1. The molecule has 1 unspecified atom stereocenters. The van der Waals surface area contributed by atoms with Crippen LogP contribution in [0.1, 0.15) is 31.7 Å². The smallest absolute Gasteiger partial charge is 0.342 e. The van der Waals surface area contributed by atoms with Gasteiger partial charge in [-0.25, -0.2) is 4.79 Å². The van der Waals surface area contributed by atoms with E-state index in [-0.39, 0.29) is 11.8 Å². The molecule has 0 radical (unpaired) electrons. The third-order valence-electron chi connectivity index (χ3n) is 1.46. The Labute approximate surface area is 79.5 Å². The average Bonchev–Trinajstić information content (AvgIpc) is 2.49. The van der Waals surface area contributed by atoms with Crippen molar-refractivity contribution in [1.29, 1.82) is 0 Å². The number of carbonyl (C=O) groups is 1. The van der Waals surface area contributed by atoms with Crippen LogP contribution in [0.25, 0.3) is 0 Å². The molecule has 0 amide bonds. The van der Waals surface area contributed by atoms with E-state index in [9.17, 15) is 4.79 Å². The number of aromatic nitrogens is 2. The van der Waals surface area contributed by atoms with Gasteiger partial charge in [-0.05, 0) is 13.8 Å². The summed E-state index contributed by atoms with van der Waals surface area (Å²) in [7, 11) is 0. The lowest BCUT2D eigenvalue weighted by Crippen LogP contribution is -2.29. The van der Waals surface area contributed by atoms with Crippen LogP contribution in [-0.4, -0.2) is 26.4 Å². The number of nitrogens with zero attached hydrogens (tertiary/aromatic N) is 2. The van der Waals surface area contributed by atoms with Crippen LogP contribution in [0.15, 0.2) is 4.42 Å². The fourth-order valence-corrected chi connectivity index (χ4v) is 0.711. The molecule has 1 aromatic rings. The Hall–Kier alpha value is -1.47. The van der Waals surface area contributed by atoms with Crippen LogP contribution in [0, 0.1) is 0 Å². The van der Waals surface area contributed by atoms with Crippen molar-refractivity contribution in [2.45, 2.75) is 25.5 Å². The maximum Gasteiger partial charge on any atom is 0.342 e. The highest BCUT2D eigenvalue weighted by Crippen LogP contribution is 2.18. The van der Waals surface area contributed by atoms with Crippen LogP contribution in [-0.2, 0) is 10.3 Å². The largest absolute Gasteiger partial charge is 0.479 e. The van der Waals surface area contributed by atoms with Gasteiger partial charge < -0.3 is 20.4 Å². The Morgan fingerprint density at radius 2 is 2.14 bits per heavy atom. The van der Waals surface area contributed by atoms with Gasteiger partial charge in [0.1, 0.15) is 0 Å². The second-order valence-corrected chi connectivity index (χ2v) is 3.41. The van der Waals surface area contributed by atoms with Crippen molar-refractivity contribution in [2.75, 3.05) is 0 Å². The molecule has 0 fully saturated rings. The van der Waals surface area contributed by atoms with Crippen molar-refractivity contribution < 1.29 is 19.4 Å². The first-order valence-electron chi connectivity index (χ1n) is 3.86. The molecule has 4 N–H and O–H groups in total. The van der Waals surface area contributed by atoms with E-state index in [4.69, 9.17) is 20.4 Å². The normalized spacial score (nSPS) is 14.0. The van der Waals surface area contributed by atoms with Gasteiger partial charge in [0.2, 0.25) is 12.0 Å². The van der Waals surface area contributed by atoms with Crippen molar-refractivity contribution in [3.8, 4) is 0 Å². The van der Waals surface area contributed by atoms with E-state index < -0.39 is 17.6 Å². The summed E-state index contributed by atoms with van der Waals surface area (Å²) in [6.45, 7) is 3.24. The zero-order valence-corrected chi connectivity index (χ0v) is 7.76. The summed E-state index contributed by atoms with van der Waals surface area (Å²) in [5, 5.41) is 24.4. The molecule has 1 aromatic heterocycles. The highest BCUT2D eigenvalue weighted by Gasteiger charge is 2.27. The van der Waals surface area contributed by atoms with E-state index in [0.29, 0.717) is 0 Å². The highest BCUT2D eigenvalue weighted by atomic mass is 16.4. The van der Waals surface area contributed by atoms with Crippen molar-refractivity contribution in [3.63, 3.8) is 0 Å². The summed E-state index contributed by atoms with van der Waals surface area (Å²) in [5.74, 6) is -1.74. The molecule has 1 atom stereocenters. The lowest BCUT2D eigenvalue weighted by molar-refractivity contribution is -0.148. The van der Waals surface area contributed by atoms with E-state index >= 15 is 0 Å². The standard InChI is InChI=1S/C7H11N3O4/c1-7(2,8)6-10-9-4(14-6)3(11)5(12)13/h3,11H,8H2,1-2H3,(H,12,13). The number of aliphatic carboxylic acids is 1. The van der Waals surface area contributed by atoms with Gasteiger partial charge >= 0.3 is 5.97 Å². The fraction of sp³-hybridized carbons (Fsp3) is 0.571. The van der Waals surface area contributed by atoms with Gasteiger partial charge in [0.15, 0.2) is 0 Å². The van der Waals surface area contributed by atoms with Crippen LogP contribution in [0.5, 0.6) is 0 Å². The molecule has 14 heavy (non-hydrogen) atoms. The predicted octanol–water partition coefficient (Wildman–Crippen LogP) is -0.619. The average molecular weight is 201 g/mol. The Morgan fingerprint density at radius 1 is 1.57 bits per heavy atom. The number of carboxylic acids is 1. The van der Waals surface area contributed by atoms with Crippen LogP contribution < -0.4 is 5.73 Å². The van der Waals surface area contributed by atoms with Gasteiger partial charge in [-0.2, -0.15) is 0 Å². The minimum atomic E-state index is -1.81. The van der Waals surface area contributed by atoms with E-state index in [1.165, 1.54) is 0 Å². The number of aliphatic hydroxyl groups is 1. The van der Waals surface area contributed by atoms with Gasteiger partial charge in [-0.3, -0.25) is 0 Å². The molecule has 0 spiro atoms. The third kappa shape index (κ3) is 2.06. The van der Waals surface area contributed by atoms with Crippen LogP contribution in [0.3, 0.4) is 0 Å². The van der Waals surface area contributed by atoms with E-state index in [1.807, 2.05) is 0 Å². The number of rotatable bonds is 3. The van der Waals surface area contributed by atoms with Gasteiger partial charge in [0.25, 0.3) is 5.89 Å². The predicted molar refractivity (Wildman–Crippen MR) is 44.1 cm³/mol. The molecule has 78 valence electrons. The first-order chi connectivity index (χ1) is 6.32. The van der Waals surface area contributed by atoms with Crippen molar-refractivity contribution in [2.24, 2.45) is 5.73 Å². The monoisotopic (exact) mass is 201 g/mol. The Kier molecular flexibility index (Phi) is 2.54. The Balaban J connectivity index is 2.94. The summed E-state index contributed by atoms with van der Waals surface area (Å²) >= 11 is 0. The molecule has 0 bridgehead atoms. The number of hydrogen-bond donors (Lipinski definition) is 3. The summed E-state index contributed by atoms with van der Waals surface area (Å²) in [6, 6.07) is 0. The number of nitrogens with two attached hydrogens (primary N) is 1. The van der Waals surface area contributed by atoms with Crippen LogP contribution >= 0.6 is 0 Å². The van der Waals surface area contributed by atoms with Gasteiger partial charge in [0, 0.05) is 0 Å². The first-order valence-corrected chi connectivity index (χ1v) is 3.86. The van der Waals surface area contributed by atoms with Crippen molar-refractivity contribution >= 4 is 5.97 Å². The SMILES string of the molecule is CC(C)(N)c1nnc(C(O)C(=O)O)o1. The summed E-state index contributed by atoms with van der Waals surface area (Å²) in [5.41, 5.74) is 4.76. The molecular formula is C7H11N3O4. The maximum atomic E-state index is 10.3. The fourth-order valence-electron chi connectivity index (χ4n) is 0.711. The minimum Gasteiger partial charge on any atom is -0.479 e. The molecular weight excluding hydrogens is 190 g/mol. The highest BCUT2D eigenvalue weighted by molar-refractivity contribution is 5.72. The number of aliphatic hydroxyl groups excluding tert-OH is 1. The summed E-state index contributed by atoms with van der Waals surface area (Å²) in [6.07, 6.45) is -1.81. The molecule has 7 heteroatoms. The van der Waals surface area contributed by atoms with E-state index in [0.717, 1.165) is 0 Å². The van der Waals surface area contributed by atoms with Crippen molar-refractivity contribution in [3.05, 3.63) is 11.8 Å². The molecule has 0 aromatic carbocycles. The lowest BCUT2D eigenvalue weighted by Gasteiger charge is -2.11. The Bertz CT molecular complexity index is 341. The molecule has 0 aliphatic rings. The van der Waals surface area contributed by atoms with Crippen LogP contribution in [0.2, 0.25) is 0 Å². The Morgan fingerprint density at radius 3 is 2.50 bits per heavy atom. The van der Waals surface area contributed by atoms with Crippen molar-refractivity contribution in [1.82, 2.24) is 10.2 Å². The second kappa shape index (κ2) is 3.35. The second-order valence-electron chi connectivity index (χ2n) is 3.41. The topological polar surface area (TPSA) is 122 Å². The summed E-state index contributed by atoms with van der Waals surface area (Å²) in [4.78, 5) is 10.3. The minimum absolute atomic E-state index is 0.0767. The van der Waals surface area contributed by atoms with Crippen LogP contribution in [0.4, 0.5) is 0 Å². The maximum absolute atomic E-state index is 10.3. The quantitative estimate of drug-likeness (QED) is 0.595. The van der Waals surface area contributed by atoms with Gasteiger partial charge in [0.05, 0.1) is 5.54 Å². The zero-order chi connectivity index (χ0) is 10.9. The molecule has 0 saturated heterocycles. The first kappa shape index (κ1) is 10.6. The zero-order valence-electron chi connectivity index (χ0n) is 7.76. The van der Waals surface area contributed by atoms with E-state index in [1.54, 1.807) is 13.8 Å². The molecule has 7 nitrogen and oxygen atoms in total. The molecule has 0 aliphatic heterocycles. The molecule has 0 saturated carbocycles. The van der Waals surface area contributed by atoms with Gasteiger partial charge in [-0.1, -0.05) is 0 Å². The molecule has 1 heterocycles. The van der Waals surface area contributed by atoms with E-state index in [2.05, 4.69) is 10.2 Å². The van der Waals surface area contributed by atoms with Gasteiger partial charge in [-0.15, -0.1) is 10.2 Å². The summed E-state index contributed by atoms with van der Waals surface area (Å²) < 4.78 is 4.89. The third-order valence-corrected chi connectivity index (χ3v) is 1.46. The lowest BCUT2D eigenvalue weighted by atomic mass is 10.1. The molecule has 1 rings (SSSR count). The molecule has 0 aliphatic carbocycles.